The monoisotopic (exact) mass is 399 g/mol. The lowest BCUT2D eigenvalue weighted by atomic mass is 10.1. The van der Waals surface area contributed by atoms with E-state index in [9.17, 15) is 9.59 Å². The van der Waals surface area contributed by atoms with E-state index < -0.39 is 5.92 Å². The summed E-state index contributed by atoms with van der Waals surface area (Å²) in [6, 6.07) is 11.3. The number of thiophene rings is 1. The van der Waals surface area contributed by atoms with Gasteiger partial charge >= 0.3 is 0 Å². The number of amides is 2. The fourth-order valence-electron chi connectivity index (χ4n) is 2.99. The molecule has 1 atom stereocenters. The Labute approximate surface area is 164 Å². The van der Waals surface area contributed by atoms with Crippen LogP contribution in [0.1, 0.15) is 6.42 Å². The first-order valence-corrected chi connectivity index (χ1v) is 10.1. The molecule has 0 aliphatic carbocycles. The molecule has 1 aliphatic rings. The van der Waals surface area contributed by atoms with Gasteiger partial charge in [-0.05, 0) is 23.6 Å². The third kappa shape index (κ3) is 3.72. The molecule has 0 radical (unpaired) electrons. The number of hydrogen-bond donors (Lipinski definition) is 1. The smallest absolute Gasteiger partial charge is 0.231 e. The van der Waals surface area contributed by atoms with Crippen molar-refractivity contribution in [2.45, 2.75) is 6.42 Å². The third-order valence-corrected chi connectivity index (χ3v) is 6.02. The highest BCUT2D eigenvalue weighted by atomic mass is 32.1. The van der Waals surface area contributed by atoms with Gasteiger partial charge in [0.15, 0.2) is 5.13 Å². The van der Waals surface area contributed by atoms with Gasteiger partial charge in [-0.3, -0.25) is 9.59 Å². The van der Waals surface area contributed by atoms with Gasteiger partial charge in [-0.25, -0.2) is 4.98 Å². The Hall–Kier alpha value is -2.71. The van der Waals surface area contributed by atoms with Crippen LogP contribution >= 0.6 is 22.7 Å². The van der Waals surface area contributed by atoms with E-state index in [2.05, 4.69) is 10.3 Å². The average molecular weight is 399 g/mol. The molecule has 1 unspecified atom stereocenters. The Morgan fingerprint density at radius 3 is 2.96 bits per heavy atom. The zero-order valence-corrected chi connectivity index (χ0v) is 16.2. The van der Waals surface area contributed by atoms with Crippen molar-refractivity contribution in [3.8, 4) is 16.3 Å². The second kappa shape index (κ2) is 7.50. The predicted octanol–water partition coefficient (Wildman–Crippen LogP) is 3.87. The second-order valence-electron chi connectivity index (χ2n) is 6.11. The van der Waals surface area contributed by atoms with E-state index in [0.717, 1.165) is 16.3 Å². The van der Waals surface area contributed by atoms with Gasteiger partial charge in [-0.15, -0.1) is 22.7 Å². The van der Waals surface area contributed by atoms with Gasteiger partial charge in [-0.2, -0.15) is 0 Å². The molecule has 2 amide bonds. The topological polar surface area (TPSA) is 71.5 Å². The third-order valence-electron chi connectivity index (χ3n) is 4.37. The number of thiazole rings is 1. The molecule has 1 fully saturated rings. The van der Waals surface area contributed by atoms with Crippen molar-refractivity contribution in [2.75, 3.05) is 23.9 Å². The van der Waals surface area contributed by atoms with E-state index in [1.807, 2.05) is 41.1 Å². The molecule has 0 spiro atoms. The highest BCUT2D eigenvalue weighted by molar-refractivity contribution is 7.16. The van der Waals surface area contributed by atoms with Gasteiger partial charge in [-0.1, -0.05) is 12.1 Å². The lowest BCUT2D eigenvalue weighted by molar-refractivity contribution is -0.122. The summed E-state index contributed by atoms with van der Waals surface area (Å²) < 4.78 is 5.21. The Morgan fingerprint density at radius 1 is 1.30 bits per heavy atom. The molecule has 0 saturated carbocycles. The van der Waals surface area contributed by atoms with Gasteiger partial charge < -0.3 is 15.0 Å². The SMILES string of the molecule is COc1cccc(N2CC(C(=O)Nc3nc(-c4cccs4)cs3)CC2=O)c1. The largest absolute Gasteiger partial charge is 0.497 e. The number of hydrogen-bond acceptors (Lipinski definition) is 6. The molecule has 3 heterocycles. The zero-order chi connectivity index (χ0) is 18.8. The highest BCUT2D eigenvalue weighted by Gasteiger charge is 2.35. The van der Waals surface area contributed by atoms with Crippen LogP contribution in [0.4, 0.5) is 10.8 Å². The van der Waals surface area contributed by atoms with Gasteiger partial charge in [0.2, 0.25) is 11.8 Å². The van der Waals surface area contributed by atoms with E-state index in [-0.39, 0.29) is 18.2 Å². The maximum atomic E-state index is 12.6. The van der Waals surface area contributed by atoms with Crippen molar-refractivity contribution in [3.63, 3.8) is 0 Å². The molecule has 2 aromatic heterocycles. The summed E-state index contributed by atoms with van der Waals surface area (Å²) in [5, 5.41) is 7.31. The number of nitrogens with zero attached hydrogens (tertiary/aromatic N) is 2. The van der Waals surface area contributed by atoms with Crippen molar-refractivity contribution in [2.24, 2.45) is 5.92 Å². The number of nitrogens with one attached hydrogen (secondary N) is 1. The van der Waals surface area contributed by atoms with Crippen molar-refractivity contribution in [1.82, 2.24) is 4.98 Å². The minimum absolute atomic E-state index is 0.0678. The fraction of sp³-hybridized carbons (Fsp3) is 0.211. The first kappa shape index (κ1) is 17.7. The molecule has 138 valence electrons. The lowest BCUT2D eigenvalue weighted by Gasteiger charge is -2.17. The van der Waals surface area contributed by atoms with Crippen molar-refractivity contribution >= 4 is 45.3 Å². The fourth-order valence-corrected chi connectivity index (χ4v) is 4.46. The van der Waals surface area contributed by atoms with Gasteiger partial charge in [0.05, 0.1) is 23.6 Å². The number of methoxy groups -OCH3 is 1. The number of benzene rings is 1. The Balaban J connectivity index is 1.43. The zero-order valence-electron chi connectivity index (χ0n) is 14.5. The van der Waals surface area contributed by atoms with E-state index in [1.165, 1.54) is 11.3 Å². The quantitative estimate of drug-likeness (QED) is 0.707. The summed E-state index contributed by atoms with van der Waals surface area (Å²) >= 11 is 2.99. The molecular formula is C19H17N3O3S2. The molecule has 0 bridgehead atoms. The first-order chi connectivity index (χ1) is 13.1. The molecule has 4 rings (SSSR count). The van der Waals surface area contributed by atoms with E-state index >= 15 is 0 Å². The van der Waals surface area contributed by atoms with Crippen LogP contribution in [-0.2, 0) is 9.59 Å². The van der Waals surface area contributed by atoms with Crippen molar-refractivity contribution < 1.29 is 14.3 Å². The Morgan fingerprint density at radius 2 is 2.19 bits per heavy atom. The maximum Gasteiger partial charge on any atom is 0.231 e. The number of anilines is 2. The molecule has 1 N–H and O–H groups in total. The Kier molecular flexibility index (Phi) is 4.91. The highest BCUT2D eigenvalue weighted by Crippen LogP contribution is 2.31. The van der Waals surface area contributed by atoms with Crippen LogP contribution in [0.3, 0.4) is 0 Å². The minimum atomic E-state index is -0.405. The molecular weight excluding hydrogens is 382 g/mol. The summed E-state index contributed by atoms with van der Waals surface area (Å²) in [7, 11) is 1.58. The molecule has 8 heteroatoms. The second-order valence-corrected chi connectivity index (χ2v) is 7.92. The molecule has 1 saturated heterocycles. The summed E-state index contributed by atoms with van der Waals surface area (Å²) in [6.45, 7) is 0.348. The normalized spacial score (nSPS) is 16.6. The average Bonchev–Trinajstić information content (AvgIpc) is 3.42. The number of ether oxygens (including phenoxy) is 1. The summed E-state index contributed by atoms with van der Waals surface area (Å²) in [6.07, 6.45) is 0.187. The Bertz CT molecular complexity index is 968. The number of carbonyl (C=O) groups is 2. The summed E-state index contributed by atoms with van der Waals surface area (Å²) in [5.41, 5.74) is 1.59. The van der Waals surface area contributed by atoms with Crippen LogP contribution in [0.25, 0.3) is 10.6 Å². The molecule has 6 nitrogen and oxygen atoms in total. The van der Waals surface area contributed by atoms with Crippen molar-refractivity contribution in [3.05, 3.63) is 47.2 Å². The maximum absolute atomic E-state index is 12.6. The van der Waals surface area contributed by atoms with E-state index in [4.69, 9.17) is 4.74 Å². The summed E-state index contributed by atoms with van der Waals surface area (Å²) in [4.78, 5) is 32.2. The lowest BCUT2D eigenvalue weighted by Crippen LogP contribution is -2.28. The van der Waals surface area contributed by atoms with Gasteiger partial charge in [0.1, 0.15) is 5.75 Å². The number of aromatic nitrogens is 1. The number of carbonyl (C=O) groups excluding carboxylic acids is 2. The first-order valence-electron chi connectivity index (χ1n) is 8.39. The van der Waals surface area contributed by atoms with Crippen LogP contribution in [0.15, 0.2) is 47.2 Å². The van der Waals surface area contributed by atoms with Gasteiger partial charge in [0, 0.05) is 30.1 Å². The minimum Gasteiger partial charge on any atom is -0.497 e. The molecule has 1 aromatic carbocycles. The predicted molar refractivity (Wildman–Crippen MR) is 108 cm³/mol. The van der Waals surface area contributed by atoms with Crippen LogP contribution < -0.4 is 15.0 Å². The van der Waals surface area contributed by atoms with Crippen LogP contribution in [0, 0.1) is 5.92 Å². The summed E-state index contributed by atoms with van der Waals surface area (Å²) in [5.74, 6) is 0.0255. The molecule has 27 heavy (non-hydrogen) atoms. The standard InChI is InChI=1S/C19H17N3O3S2/c1-25-14-5-2-4-13(9-14)22-10-12(8-17(22)23)18(24)21-19-20-15(11-27-19)16-6-3-7-26-16/h2-7,9,11-12H,8,10H2,1H3,(H,20,21,24). The number of rotatable bonds is 5. The van der Waals surface area contributed by atoms with Crippen LogP contribution in [0.5, 0.6) is 5.75 Å². The molecule has 3 aromatic rings. The van der Waals surface area contributed by atoms with Crippen molar-refractivity contribution in [1.29, 1.82) is 0 Å². The van der Waals surface area contributed by atoms with Crippen LogP contribution in [-0.4, -0.2) is 30.5 Å². The van der Waals surface area contributed by atoms with Crippen LogP contribution in [0.2, 0.25) is 0 Å². The molecule has 1 aliphatic heterocycles. The van der Waals surface area contributed by atoms with Gasteiger partial charge in [0.25, 0.3) is 0 Å². The van der Waals surface area contributed by atoms with E-state index in [0.29, 0.717) is 17.4 Å². The van der Waals surface area contributed by atoms with E-state index in [1.54, 1.807) is 29.4 Å².